The maximum absolute atomic E-state index is 11.5. The van der Waals surface area contributed by atoms with Gasteiger partial charge in [0.1, 0.15) is 0 Å². The Kier molecular flexibility index (Phi) is 3.71. The van der Waals surface area contributed by atoms with Crippen LogP contribution in [0.5, 0.6) is 0 Å². The van der Waals surface area contributed by atoms with Crippen LogP contribution in [-0.4, -0.2) is 29.6 Å². The van der Waals surface area contributed by atoms with Gasteiger partial charge in [-0.2, -0.15) is 0 Å². The van der Waals surface area contributed by atoms with Gasteiger partial charge in [-0.05, 0) is 24.1 Å². The Hall–Kier alpha value is -2.08. The number of hydrazine groups is 1. The van der Waals surface area contributed by atoms with Crippen LogP contribution >= 0.6 is 0 Å². The van der Waals surface area contributed by atoms with Gasteiger partial charge in [-0.3, -0.25) is 14.8 Å². The fourth-order valence-electron chi connectivity index (χ4n) is 1.89. The lowest BCUT2D eigenvalue weighted by atomic mass is 10.1. The number of hydrogen-bond acceptors (Lipinski definition) is 4. The molecule has 0 atom stereocenters. The average Bonchev–Trinajstić information content (AvgIpc) is 2.62. The molecule has 2 aromatic rings. The summed E-state index contributed by atoms with van der Waals surface area (Å²) in [5, 5.41) is 1.62. The molecule has 102 valence electrons. The molecule has 0 bridgehead atoms. The Labute approximate surface area is 110 Å². The van der Waals surface area contributed by atoms with Crippen molar-refractivity contribution in [2.45, 2.75) is 12.8 Å². The van der Waals surface area contributed by atoms with Crippen LogP contribution in [0.2, 0.25) is 0 Å². The highest BCUT2D eigenvalue weighted by Gasteiger charge is 2.08. The van der Waals surface area contributed by atoms with Crippen molar-refractivity contribution in [1.29, 1.82) is 0 Å². The van der Waals surface area contributed by atoms with Gasteiger partial charge < -0.3 is 4.42 Å². The van der Waals surface area contributed by atoms with Crippen molar-refractivity contribution in [3.63, 3.8) is 0 Å². The molecule has 0 radical (unpaired) electrons. The number of hydrogen-bond donors (Lipinski definition) is 1. The SMILES string of the molecule is CN(C)NC(=O)CCc1ccc2oc(=O)n(C)c2c1. The zero-order valence-electron chi connectivity index (χ0n) is 11.3. The summed E-state index contributed by atoms with van der Waals surface area (Å²) in [7, 11) is 5.20. The van der Waals surface area contributed by atoms with Crippen molar-refractivity contribution in [3.05, 3.63) is 34.3 Å². The molecule has 19 heavy (non-hydrogen) atoms. The third-order valence-corrected chi connectivity index (χ3v) is 2.84. The molecule has 1 amide bonds. The van der Waals surface area contributed by atoms with E-state index >= 15 is 0 Å². The summed E-state index contributed by atoms with van der Waals surface area (Å²) in [6.45, 7) is 0. The van der Waals surface area contributed by atoms with Gasteiger partial charge in [-0.15, -0.1) is 0 Å². The van der Waals surface area contributed by atoms with Gasteiger partial charge in [0, 0.05) is 27.6 Å². The van der Waals surface area contributed by atoms with E-state index in [1.165, 1.54) is 4.57 Å². The quantitative estimate of drug-likeness (QED) is 0.823. The zero-order chi connectivity index (χ0) is 14.0. The topological polar surface area (TPSA) is 67.5 Å². The molecule has 0 aliphatic rings. The van der Waals surface area contributed by atoms with E-state index in [4.69, 9.17) is 4.42 Å². The number of aromatic nitrogens is 1. The van der Waals surface area contributed by atoms with E-state index in [1.54, 1.807) is 32.2 Å². The van der Waals surface area contributed by atoms with Crippen LogP contribution in [0.15, 0.2) is 27.4 Å². The molecule has 0 spiro atoms. The molecular formula is C13H17N3O3. The number of carbonyl (C=O) groups is 1. The molecule has 1 aromatic heterocycles. The van der Waals surface area contributed by atoms with Gasteiger partial charge in [0.05, 0.1) is 5.52 Å². The standard InChI is InChI=1S/C13H17N3O3/c1-15(2)14-12(17)7-5-9-4-6-11-10(8-9)16(3)13(18)19-11/h4,6,8H,5,7H2,1-3H3,(H,14,17). The number of oxazole rings is 1. The Morgan fingerprint density at radius 3 is 2.84 bits per heavy atom. The first kappa shape index (κ1) is 13.4. The fourth-order valence-corrected chi connectivity index (χ4v) is 1.89. The predicted molar refractivity (Wildman–Crippen MR) is 71.6 cm³/mol. The van der Waals surface area contributed by atoms with E-state index in [9.17, 15) is 9.59 Å². The summed E-state index contributed by atoms with van der Waals surface area (Å²) < 4.78 is 6.51. The number of nitrogens with one attached hydrogen (secondary N) is 1. The Morgan fingerprint density at radius 1 is 1.42 bits per heavy atom. The largest absolute Gasteiger partial charge is 0.419 e. The van der Waals surface area contributed by atoms with E-state index in [0.717, 1.165) is 11.1 Å². The second-order valence-corrected chi connectivity index (χ2v) is 4.66. The summed E-state index contributed by atoms with van der Waals surface area (Å²) in [4.78, 5) is 22.9. The minimum Gasteiger partial charge on any atom is -0.408 e. The molecule has 1 heterocycles. The van der Waals surface area contributed by atoms with E-state index in [0.29, 0.717) is 18.4 Å². The third-order valence-electron chi connectivity index (χ3n) is 2.84. The highest BCUT2D eigenvalue weighted by Crippen LogP contribution is 2.15. The van der Waals surface area contributed by atoms with Crippen LogP contribution < -0.4 is 11.2 Å². The van der Waals surface area contributed by atoms with Crippen molar-refractivity contribution in [1.82, 2.24) is 15.0 Å². The first-order chi connectivity index (χ1) is 8.97. The maximum Gasteiger partial charge on any atom is 0.419 e. The van der Waals surface area contributed by atoms with E-state index in [-0.39, 0.29) is 11.7 Å². The lowest BCUT2D eigenvalue weighted by Gasteiger charge is -2.11. The van der Waals surface area contributed by atoms with Crippen molar-refractivity contribution >= 4 is 17.0 Å². The zero-order valence-corrected chi connectivity index (χ0v) is 11.3. The van der Waals surface area contributed by atoms with Crippen molar-refractivity contribution in [3.8, 4) is 0 Å². The van der Waals surface area contributed by atoms with Crippen LogP contribution in [0.4, 0.5) is 0 Å². The predicted octanol–water partition coefficient (Wildman–Crippen LogP) is 0.657. The highest BCUT2D eigenvalue weighted by atomic mass is 16.4. The van der Waals surface area contributed by atoms with Crippen LogP contribution in [0, 0.1) is 0 Å². The van der Waals surface area contributed by atoms with Crippen LogP contribution in [-0.2, 0) is 18.3 Å². The molecule has 0 unspecified atom stereocenters. The normalized spacial score (nSPS) is 11.2. The Bertz CT molecular complexity index is 655. The monoisotopic (exact) mass is 263 g/mol. The minimum absolute atomic E-state index is 0.0359. The summed E-state index contributed by atoms with van der Waals surface area (Å²) in [6, 6.07) is 5.51. The molecular weight excluding hydrogens is 246 g/mol. The number of fused-ring (bicyclic) bond motifs is 1. The Morgan fingerprint density at radius 2 is 2.16 bits per heavy atom. The lowest BCUT2D eigenvalue weighted by molar-refractivity contribution is -0.124. The van der Waals surface area contributed by atoms with Gasteiger partial charge in [-0.25, -0.2) is 9.80 Å². The van der Waals surface area contributed by atoms with E-state index in [1.807, 2.05) is 12.1 Å². The van der Waals surface area contributed by atoms with Crippen molar-refractivity contribution in [2.24, 2.45) is 7.05 Å². The van der Waals surface area contributed by atoms with Gasteiger partial charge >= 0.3 is 5.76 Å². The van der Waals surface area contributed by atoms with E-state index in [2.05, 4.69) is 5.43 Å². The summed E-state index contributed by atoms with van der Waals surface area (Å²) in [6.07, 6.45) is 1.02. The first-order valence-corrected chi connectivity index (χ1v) is 6.02. The molecule has 0 aliphatic heterocycles. The third kappa shape index (κ3) is 3.03. The van der Waals surface area contributed by atoms with E-state index < -0.39 is 0 Å². The molecule has 6 heteroatoms. The maximum atomic E-state index is 11.5. The number of aryl methyl sites for hydroxylation is 2. The van der Waals surface area contributed by atoms with Crippen molar-refractivity contribution in [2.75, 3.05) is 14.1 Å². The van der Waals surface area contributed by atoms with Crippen LogP contribution in [0.1, 0.15) is 12.0 Å². The molecule has 6 nitrogen and oxygen atoms in total. The summed E-state index contributed by atoms with van der Waals surface area (Å²) in [5.41, 5.74) is 4.99. The molecule has 0 saturated carbocycles. The number of benzene rings is 1. The minimum atomic E-state index is -0.377. The highest BCUT2D eigenvalue weighted by molar-refractivity contribution is 5.76. The van der Waals surface area contributed by atoms with Crippen LogP contribution in [0.3, 0.4) is 0 Å². The molecule has 0 fully saturated rings. The first-order valence-electron chi connectivity index (χ1n) is 6.02. The summed E-state index contributed by atoms with van der Waals surface area (Å²) >= 11 is 0. The smallest absolute Gasteiger partial charge is 0.408 e. The Balaban J connectivity index is 2.11. The number of carbonyl (C=O) groups excluding carboxylic acids is 1. The summed E-state index contributed by atoms with van der Waals surface area (Å²) in [5.74, 6) is -0.413. The second-order valence-electron chi connectivity index (χ2n) is 4.66. The average molecular weight is 263 g/mol. The van der Waals surface area contributed by atoms with Gasteiger partial charge in [0.2, 0.25) is 5.91 Å². The second kappa shape index (κ2) is 5.27. The molecule has 1 aromatic carbocycles. The van der Waals surface area contributed by atoms with Gasteiger partial charge in [-0.1, -0.05) is 6.07 Å². The van der Waals surface area contributed by atoms with Crippen molar-refractivity contribution < 1.29 is 9.21 Å². The number of nitrogens with zero attached hydrogens (tertiary/aromatic N) is 2. The fraction of sp³-hybridized carbons (Fsp3) is 0.385. The van der Waals surface area contributed by atoms with Gasteiger partial charge in [0.15, 0.2) is 5.58 Å². The lowest BCUT2D eigenvalue weighted by Crippen LogP contribution is -2.36. The van der Waals surface area contributed by atoms with Crippen LogP contribution in [0.25, 0.3) is 11.1 Å². The molecule has 0 aliphatic carbocycles. The molecule has 0 saturated heterocycles. The molecule has 2 rings (SSSR count). The molecule has 1 N–H and O–H groups in total. The number of rotatable bonds is 4. The number of amides is 1. The van der Waals surface area contributed by atoms with Gasteiger partial charge in [0.25, 0.3) is 0 Å².